The van der Waals surface area contributed by atoms with Gasteiger partial charge in [0.1, 0.15) is 5.52 Å². The summed E-state index contributed by atoms with van der Waals surface area (Å²) in [5.41, 5.74) is 5.41. The van der Waals surface area contributed by atoms with Crippen molar-refractivity contribution < 1.29 is 13.9 Å². The Balaban J connectivity index is 1.29. The Morgan fingerprint density at radius 3 is 2.89 bits per heavy atom. The Morgan fingerprint density at radius 2 is 2.05 bits per heavy atom. The van der Waals surface area contributed by atoms with Crippen LogP contribution in [-0.2, 0) is 16.0 Å². The van der Waals surface area contributed by atoms with E-state index < -0.39 is 0 Å². The van der Waals surface area contributed by atoms with Crippen LogP contribution >= 0.6 is 0 Å². The second kappa shape index (κ2) is 7.98. The largest absolute Gasteiger partial charge is 0.432 e. The molecule has 9 heteroatoms. The highest BCUT2D eigenvalue weighted by atomic mass is 16.5. The molecule has 0 spiro atoms. The van der Waals surface area contributed by atoms with Gasteiger partial charge >= 0.3 is 0 Å². The molecule has 8 rings (SSSR count). The zero-order valence-electron chi connectivity index (χ0n) is 20.7. The topological polar surface area (TPSA) is 92.5 Å². The van der Waals surface area contributed by atoms with E-state index in [9.17, 15) is 0 Å². The molecule has 0 unspecified atom stereocenters. The van der Waals surface area contributed by atoms with Crippen molar-refractivity contribution in [3.05, 3.63) is 48.3 Å². The van der Waals surface area contributed by atoms with E-state index in [2.05, 4.69) is 46.0 Å². The standard InChI is InChI=1S/C28H28N6O3/c1-28-12-18(36-16-28)15-34(28)14-17-11-21-23-24(37-27(21)30-13-17)26(33-7-9-35-10-8-33)32-25(31-23)20-3-2-4-22-19(20)5-6-29-22/h2-6,11,13,18,29H,7-10,12,14-16H2,1H3/t18-,28-/m1/s1. The minimum Gasteiger partial charge on any atom is -0.432 e. The molecule has 1 aromatic carbocycles. The van der Waals surface area contributed by atoms with Gasteiger partial charge in [0.15, 0.2) is 17.2 Å². The van der Waals surface area contributed by atoms with Crippen molar-refractivity contribution in [2.24, 2.45) is 0 Å². The fourth-order valence-electron chi connectivity index (χ4n) is 6.22. The molecule has 0 amide bonds. The molecule has 7 heterocycles. The van der Waals surface area contributed by atoms with E-state index in [1.165, 1.54) is 0 Å². The molecule has 3 fully saturated rings. The molecule has 5 aromatic rings. The fraction of sp³-hybridized carbons (Fsp3) is 0.393. The lowest BCUT2D eigenvalue weighted by atomic mass is 10.0. The number of benzene rings is 1. The third-order valence-corrected chi connectivity index (χ3v) is 8.21. The molecule has 188 valence electrons. The summed E-state index contributed by atoms with van der Waals surface area (Å²) in [7, 11) is 0. The molecule has 0 aliphatic carbocycles. The number of hydrogen-bond donors (Lipinski definition) is 1. The number of H-pyrrole nitrogens is 1. The summed E-state index contributed by atoms with van der Waals surface area (Å²) >= 11 is 0. The van der Waals surface area contributed by atoms with Crippen molar-refractivity contribution in [3.8, 4) is 11.4 Å². The van der Waals surface area contributed by atoms with Crippen LogP contribution in [0.5, 0.6) is 0 Å². The van der Waals surface area contributed by atoms with E-state index in [1.54, 1.807) is 0 Å². The van der Waals surface area contributed by atoms with E-state index in [-0.39, 0.29) is 5.54 Å². The number of fused-ring (bicyclic) bond motifs is 6. The number of pyridine rings is 1. The quantitative estimate of drug-likeness (QED) is 0.397. The zero-order chi connectivity index (χ0) is 24.6. The first-order chi connectivity index (χ1) is 18.1. The van der Waals surface area contributed by atoms with Crippen molar-refractivity contribution in [3.63, 3.8) is 0 Å². The number of nitrogens with zero attached hydrogens (tertiary/aromatic N) is 5. The van der Waals surface area contributed by atoms with Crippen LogP contribution in [0.2, 0.25) is 0 Å². The van der Waals surface area contributed by atoms with Crippen LogP contribution < -0.4 is 4.90 Å². The number of hydrogen-bond acceptors (Lipinski definition) is 8. The lowest BCUT2D eigenvalue weighted by molar-refractivity contribution is -0.00667. The van der Waals surface area contributed by atoms with Crippen molar-refractivity contribution >= 4 is 38.9 Å². The first kappa shape index (κ1) is 21.5. The average molecular weight is 497 g/mol. The molecule has 2 atom stereocenters. The van der Waals surface area contributed by atoms with E-state index >= 15 is 0 Å². The molecule has 4 aromatic heterocycles. The van der Waals surface area contributed by atoms with E-state index in [0.29, 0.717) is 36.4 Å². The second-order valence-corrected chi connectivity index (χ2v) is 10.7. The van der Waals surface area contributed by atoms with Gasteiger partial charge in [-0.3, -0.25) is 4.90 Å². The lowest BCUT2D eigenvalue weighted by Gasteiger charge is -2.35. The van der Waals surface area contributed by atoms with Crippen LogP contribution in [-0.4, -0.2) is 75.9 Å². The van der Waals surface area contributed by atoms with Gasteiger partial charge in [-0.25, -0.2) is 15.0 Å². The number of ether oxygens (including phenoxy) is 2. The van der Waals surface area contributed by atoms with Gasteiger partial charge in [-0.15, -0.1) is 0 Å². The highest BCUT2D eigenvalue weighted by molar-refractivity contribution is 6.06. The second-order valence-electron chi connectivity index (χ2n) is 10.7. The molecule has 0 radical (unpaired) electrons. The van der Waals surface area contributed by atoms with Crippen LogP contribution in [0.3, 0.4) is 0 Å². The molecule has 3 aliphatic rings. The summed E-state index contributed by atoms with van der Waals surface area (Å²) < 4.78 is 17.8. The number of aromatic amines is 1. The van der Waals surface area contributed by atoms with Gasteiger partial charge in [-0.2, -0.15) is 0 Å². The van der Waals surface area contributed by atoms with Gasteiger partial charge in [-0.05, 0) is 37.1 Å². The molecule has 37 heavy (non-hydrogen) atoms. The average Bonchev–Trinajstić information content (AvgIpc) is 3.70. The van der Waals surface area contributed by atoms with Crippen LogP contribution in [0.1, 0.15) is 18.9 Å². The van der Waals surface area contributed by atoms with Crippen molar-refractivity contribution in [1.29, 1.82) is 0 Å². The Kier molecular flexibility index (Phi) is 4.65. The number of nitrogens with one attached hydrogen (secondary N) is 1. The van der Waals surface area contributed by atoms with Gasteiger partial charge in [0.05, 0.1) is 31.3 Å². The SMILES string of the molecule is C[C@@]12CO[C@@H](CN1Cc1cnc3oc4c(N5CCOCC5)nc(-c5cccc6[nH]ccc56)nc4c3c1)C2. The van der Waals surface area contributed by atoms with Crippen LogP contribution in [0.15, 0.2) is 47.1 Å². The summed E-state index contributed by atoms with van der Waals surface area (Å²) in [4.78, 5) is 23.0. The Labute approximate surface area is 213 Å². The van der Waals surface area contributed by atoms with E-state index in [1.807, 2.05) is 18.5 Å². The smallest absolute Gasteiger partial charge is 0.229 e. The summed E-state index contributed by atoms with van der Waals surface area (Å²) in [6.45, 7) is 7.74. The van der Waals surface area contributed by atoms with Gasteiger partial charge in [0.2, 0.25) is 5.71 Å². The number of morpholine rings is 2. The monoisotopic (exact) mass is 496 g/mol. The Morgan fingerprint density at radius 1 is 1.14 bits per heavy atom. The Hall–Kier alpha value is -3.53. The highest BCUT2D eigenvalue weighted by Gasteiger charge is 2.48. The molecule has 3 aliphatic heterocycles. The molecular weight excluding hydrogens is 468 g/mol. The third-order valence-electron chi connectivity index (χ3n) is 8.21. The number of aromatic nitrogens is 4. The minimum atomic E-state index is 0.103. The number of furan rings is 1. The fourth-order valence-corrected chi connectivity index (χ4v) is 6.22. The van der Waals surface area contributed by atoms with Crippen LogP contribution in [0.25, 0.3) is 44.5 Å². The minimum absolute atomic E-state index is 0.103. The molecule has 2 bridgehead atoms. The van der Waals surface area contributed by atoms with Crippen molar-refractivity contribution in [2.75, 3.05) is 44.4 Å². The lowest BCUT2D eigenvalue weighted by Crippen LogP contribution is -2.45. The van der Waals surface area contributed by atoms with Crippen molar-refractivity contribution in [2.45, 2.75) is 31.5 Å². The maximum atomic E-state index is 6.34. The van der Waals surface area contributed by atoms with Crippen LogP contribution in [0.4, 0.5) is 5.82 Å². The summed E-state index contributed by atoms with van der Waals surface area (Å²) in [6.07, 6.45) is 5.33. The molecule has 0 saturated carbocycles. The predicted octanol–water partition coefficient (Wildman–Crippen LogP) is 4.12. The van der Waals surface area contributed by atoms with Gasteiger partial charge < -0.3 is 23.8 Å². The molecule has 9 nitrogen and oxygen atoms in total. The zero-order valence-corrected chi connectivity index (χ0v) is 20.7. The molecular formula is C28H28N6O3. The summed E-state index contributed by atoms with van der Waals surface area (Å²) in [5.74, 6) is 1.49. The first-order valence-corrected chi connectivity index (χ1v) is 13.0. The first-order valence-electron chi connectivity index (χ1n) is 13.0. The number of anilines is 1. The van der Waals surface area contributed by atoms with Gasteiger partial charge in [0, 0.05) is 60.6 Å². The number of rotatable bonds is 4. The summed E-state index contributed by atoms with van der Waals surface area (Å²) in [5, 5.41) is 2.03. The maximum absolute atomic E-state index is 6.34. The summed E-state index contributed by atoms with van der Waals surface area (Å²) in [6, 6.07) is 10.5. The van der Waals surface area contributed by atoms with Gasteiger partial charge in [-0.1, -0.05) is 12.1 Å². The van der Waals surface area contributed by atoms with Gasteiger partial charge in [0.25, 0.3) is 0 Å². The van der Waals surface area contributed by atoms with Crippen molar-refractivity contribution in [1.82, 2.24) is 24.8 Å². The molecule has 1 N–H and O–H groups in total. The number of likely N-dealkylation sites (tertiary alicyclic amines) is 1. The highest BCUT2D eigenvalue weighted by Crippen LogP contribution is 2.40. The predicted molar refractivity (Wildman–Crippen MR) is 141 cm³/mol. The van der Waals surface area contributed by atoms with Crippen LogP contribution in [0, 0.1) is 0 Å². The van der Waals surface area contributed by atoms with E-state index in [4.69, 9.17) is 28.8 Å². The maximum Gasteiger partial charge on any atom is 0.229 e. The Bertz CT molecular complexity index is 1650. The normalized spacial score (nSPS) is 24.2. The molecule has 3 saturated heterocycles. The van der Waals surface area contributed by atoms with E-state index in [0.717, 1.165) is 78.0 Å². The third kappa shape index (κ3) is 3.38.